The van der Waals surface area contributed by atoms with Gasteiger partial charge in [0.2, 0.25) is 5.88 Å². The minimum atomic E-state index is -5.08. The molecule has 0 radical (unpaired) electrons. The van der Waals surface area contributed by atoms with E-state index in [-0.39, 0.29) is 30.0 Å². The lowest BCUT2D eigenvalue weighted by Crippen LogP contribution is -2.56. The molecule has 178 valence electrons. The molecule has 11 heteroatoms. The lowest BCUT2D eigenvalue weighted by molar-refractivity contribution is -0.192. The Morgan fingerprint density at radius 1 is 1.21 bits per heavy atom. The quantitative estimate of drug-likeness (QED) is 0.690. The summed E-state index contributed by atoms with van der Waals surface area (Å²) >= 11 is 0. The number of fused-ring (bicyclic) bond motifs is 1. The summed E-state index contributed by atoms with van der Waals surface area (Å²) in [5.74, 6) is -2.70. The van der Waals surface area contributed by atoms with E-state index in [1.807, 2.05) is 18.2 Å². The van der Waals surface area contributed by atoms with Gasteiger partial charge in [0, 0.05) is 37.4 Å². The number of amides is 1. The van der Waals surface area contributed by atoms with E-state index in [0.717, 1.165) is 6.42 Å². The largest absolute Gasteiger partial charge is 0.490 e. The first-order valence-corrected chi connectivity index (χ1v) is 10.1. The van der Waals surface area contributed by atoms with E-state index in [9.17, 15) is 22.4 Å². The zero-order valence-corrected chi connectivity index (χ0v) is 17.6. The number of carboxylic acid groups (broad SMARTS) is 1. The maximum absolute atomic E-state index is 13.9. The summed E-state index contributed by atoms with van der Waals surface area (Å²) in [7, 11) is 0. The number of nitrogens with zero attached hydrogens (tertiary/aromatic N) is 2. The van der Waals surface area contributed by atoms with Crippen LogP contribution in [0.15, 0.2) is 42.6 Å². The number of pyridine rings is 1. The molecule has 4 rings (SSSR count). The highest BCUT2D eigenvalue weighted by atomic mass is 19.4. The van der Waals surface area contributed by atoms with Crippen molar-refractivity contribution in [3.63, 3.8) is 0 Å². The summed E-state index contributed by atoms with van der Waals surface area (Å²) in [6.07, 6.45) is -2.32. The number of alkyl halides is 3. The van der Waals surface area contributed by atoms with E-state index < -0.39 is 12.1 Å². The second kappa shape index (κ2) is 10.2. The van der Waals surface area contributed by atoms with Crippen LogP contribution in [0.5, 0.6) is 5.88 Å². The molecule has 0 bridgehead atoms. The number of ether oxygens (including phenoxy) is 2. The van der Waals surface area contributed by atoms with Crippen LogP contribution in [0.2, 0.25) is 0 Å². The fourth-order valence-corrected chi connectivity index (χ4v) is 3.73. The van der Waals surface area contributed by atoms with E-state index in [2.05, 4.69) is 4.98 Å². The van der Waals surface area contributed by atoms with Crippen LogP contribution >= 0.6 is 0 Å². The third-order valence-corrected chi connectivity index (χ3v) is 5.36. The van der Waals surface area contributed by atoms with Crippen molar-refractivity contribution < 1.29 is 41.7 Å². The zero-order valence-electron chi connectivity index (χ0n) is 17.6. The van der Waals surface area contributed by atoms with Crippen LogP contribution in [-0.4, -0.2) is 64.4 Å². The third-order valence-electron chi connectivity index (χ3n) is 5.36. The fraction of sp³-hybridized carbons (Fsp3) is 0.409. The Morgan fingerprint density at radius 2 is 1.94 bits per heavy atom. The fourth-order valence-electron chi connectivity index (χ4n) is 3.73. The lowest BCUT2D eigenvalue weighted by atomic mass is 9.94. The number of hydrogen-bond acceptors (Lipinski definition) is 5. The van der Waals surface area contributed by atoms with Gasteiger partial charge >= 0.3 is 12.1 Å². The average molecular weight is 470 g/mol. The van der Waals surface area contributed by atoms with Crippen molar-refractivity contribution in [1.29, 1.82) is 0 Å². The Kier molecular flexibility index (Phi) is 7.52. The van der Waals surface area contributed by atoms with Crippen molar-refractivity contribution in [2.75, 3.05) is 13.2 Å². The highest BCUT2D eigenvalue weighted by molar-refractivity contribution is 5.94. The van der Waals surface area contributed by atoms with Gasteiger partial charge in [0.05, 0.1) is 6.04 Å². The summed E-state index contributed by atoms with van der Waals surface area (Å²) in [5, 5.41) is 7.12. The van der Waals surface area contributed by atoms with E-state index in [1.165, 1.54) is 6.07 Å². The van der Waals surface area contributed by atoms with Crippen molar-refractivity contribution in [2.24, 2.45) is 0 Å². The minimum absolute atomic E-state index is 0.0608. The first-order chi connectivity index (χ1) is 15.6. The molecule has 2 aliphatic heterocycles. The molecule has 1 amide bonds. The predicted molar refractivity (Wildman–Crippen MR) is 107 cm³/mol. The number of likely N-dealkylation sites (tertiary alicyclic amines) is 1. The van der Waals surface area contributed by atoms with Crippen LogP contribution in [0.3, 0.4) is 0 Å². The number of carbonyl (C=O) groups is 2. The second-order valence-electron chi connectivity index (χ2n) is 7.57. The van der Waals surface area contributed by atoms with Gasteiger partial charge < -0.3 is 19.5 Å². The van der Waals surface area contributed by atoms with Crippen LogP contribution in [0, 0.1) is 12.7 Å². The molecule has 1 aromatic carbocycles. The molecule has 1 N–H and O–H groups in total. The molecule has 33 heavy (non-hydrogen) atoms. The summed E-state index contributed by atoms with van der Waals surface area (Å²) in [5.41, 5.74) is 0.911. The maximum Gasteiger partial charge on any atom is 0.490 e. The Morgan fingerprint density at radius 3 is 2.55 bits per heavy atom. The van der Waals surface area contributed by atoms with Crippen molar-refractivity contribution >= 4 is 11.9 Å². The van der Waals surface area contributed by atoms with Crippen molar-refractivity contribution in [3.8, 4) is 5.88 Å². The average Bonchev–Trinajstić information content (AvgIpc) is 3.26. The van der Waals surface area contributed by atoms with Gasteiger partial charge in [-0.25, -0.2) is 14.2 Å². The Hall–Kier alpha value is -3.21. The molecule has 0 saturated carbocycles. The molecule has 7 nitrogen and oxygen atoms in total. The normalized spacial score (nSPS) is 22.1. The van der Waals surface area contributed by atoms with E-state index >= 15 is 0 Å². The summed E-state index contributed by atoms with van der Waals surface area (Å²) in [6, 6.07) is 10.1. The van der Waals surface area contributed by atoms with Gasteiger partial charge in [0.1, 0.15) is 18.0 Å². The first-order valence-electron chi connectivity index (χ1n) is 10.1. The van der Waals surface area contributed by atoms with Crippen molar-refractivity contribution in [2.45, 2.75) is 44.2 Å². The molecular formula is C22H22F4N2O5. The molecule has 3 heterocycles. The number of benzene rings is 1. The molecule has 0 aliphatic carbocycles. The molecule has 2 saturated heterocycles. The van der Waals surface area contributed by atoms with Crippen LogP contribution in [0.25, 0.3) is 0 Å². The van der Waals surface area contributed by atoms with Crippen LogP contribution < -0.4 is 4.74 Å². The van der Waals surface area contributed by atoms with Crippen LogP contribution in [0.4, 0.5) is 17.6 Å². The van der Waals surface area contributed by atoms with Crippen molar-refractivity contribution in [1.82, 2.24) is 9.88 Å². The minimum Gasteiger partial charge on any atom is -0.475 e. The standard InChI is InChI=1S/C20H21FN2O3.C2HF3O2/c1-13-5-6-14(12-15(13)21)20(24)23-10-7-17(19-16(23)8-11-25-19)26-18-4-2-3-9-22-18;3-2(4,5)1(6)7/h2-6,9,12,16-17,19H,7-8,10-11H2,1H3;(H,6,7)/t16-,17+,19-;/m0./s1. The predicted octanol–water partition coefficient (Wildman–Crippen LogP) is 3.61. The van der Waals surface area contributed by atoms with Crippen LogP contribution in [-0.2, 0) is 9.53 Å². The van der Waals surface area contributed by atoms with Gasteiger partial charge in [-0.2, -0.15) is 13.2 Å². The first kappa shape index (κ1) is 24.4. The molecular weight excluding hydrogens is 448 g/mol. The number of aryl methyl sites for hydroxylation is 1. The smallest absolute Gasteiger partial charge is 0.475 e. The van der Waals surface area contributed by atoms with Gasteiger partial charge in [-0.05, 0) is 37.1 Å². The third kappa shape index (κ3) is 5.98. The highest BCUT2D eigenvalue weighted by Gasteiger charge is 2.45. The number of carboxylic acids is 1. The molecule has 0 unspecified atom stereocenters. The number of carbonyl (C=O) groups excluding carboxylic acids is 1. The zero-order chi connectivity index (χ0) is 24.2. The molecule has 0 spiro atoms. The van der Waals surface area contributed by atoms with Crippen molar-refractivity contribution in [3.05, 3.63) is 59.5 Å². The van der Waals surface area contributed by atoms with E-state index in [1.54, 1.807) is 30.2 Å². The summed E-state index contributed by atoms with van der Waals surface area (Å²) in [6.45, 7) is 2.82. The number of halogens is 4. The Labute approximate surface area is 186 Å². The molecule has 2 aliphatic rings. The lowest BCUT2D eigenvalue weighted by Gasteiger charge is -2.40. The number of piperidine rings is 1. The number of aliphatic carboxylic acids is 1. The second-order valence-corrected chi connectivity index (χ2v) is 7.57. The Bertz CT molecular complexity index is 986. The van der Waals surface area contributed by atoms with Gasteiger partial charge in [0.15, 0.2) is 0 Å². The topological polar surface area (TPSA) is 89.0 Å². The molecule has 2 aromatic rings. The molecule has 3 atom stereocenters. The Balaban J connectivity index is 0.000000383. The van der Waals surface area contributed by atoms with E-state index in [4.69, 9.17) is 19.4 Å². The van der Waals surface area contributed by atoms with Crippen LogP contribution in [0.1, 0.15) is 28.8 Å². The maximum atomic E-state index is 13.9. The molecule has 1 aromatic heterocycles. The highest BCUT2D eigenvalue weighted by Crippen LogP contribution is 2.32. The SMILES string of the molecule is Cc1ccc(C(=O)N2CC[C@@H](Oc3ccccn3)[C@H]3OCC[C@@H]32)cc1F.O=C(O)C(F)(F)F. The molecule has 2 fully saturated rings. The van der Waals surface area contributed by atoms with Gasteiger partial charge in [0.25, 0.3) is 5.91 Å². The van der Waals surface area contributed by atoms with Gasteiger partial charge in [-0.15, -0.1) is 0 Å². The number of rotatable bonds is 3. The van der Waals surface area contributed by atoms with E-state index in [0.29, 0.717) is 36.6 Å². The summed E-state index contributed by atoms with van der Waals surface area (Å²) < 4.78 is 57.5. The monoisotopic (exact) mass is 470 g/mol. The van der Waals surface area contributed by atoms with Gasteiger partial charge in [-0.1, -0.05) is 12.1 Å². The van der Waals surface area contributed by atoms with Gasteiger partial charge in [-0.3, -0.25) is 4.79 Å². The number of aromatic nitrogens is 1. The summed E-state index contributed by atoms with van der Waals surface area (Å²) in [4.78, 5) is 27.8. The number of hydrogen-bond donors (Lipinski definition) is 1.